The molecule has 132 valence electrons. The van der Waals surface area contributed by atoms with E-state index in [4.69, 9.17) is 4.74 Å². The second-order valence-corrected chi connectivity index (χ2v) is 6.11. The summed E-state index contributed by atoms with van der Waals surface area (Å²) in [6, 6.07) is 25.2. The van der Waals surface area contributed by atoms with Crippen molar-refractivity contribution in [2.75, 3.05) is 12.4 Å². The van der Waals surface area contributed by atoms with Gasteiger partial charge in [-0.05, 0) is 46.8 Å². The number of carbonyl (C=O) groups excluding carboxylic acids is 1. The molecule has 1 N–H and O–H groups in total. The van der Waals surface area contributed by atoms with Crippen molar-refractivity contribution in [2.45, 2.75) is 0 Å². The number of hydrogen-bond acceptors (Lipinski definition) is 3. The van der Waals surface area contributed by atoms with Crippen LogP contribution in [0.1, 0.15) is 10.5 Å². The first-order valence-corrected chi connectivity index (χ1v) is 8.65. The minimum absolute atomic E-state index is 0.229. The van der Waals surface area contributed by atoms with Gasteiger partial charge in [-0.15, -0.1) is 0 Å². The first-order chi connectivity index (χ1) is 13.3. The molecule has 4 rings (SSSR count). The zero-order valence-electron chi connectivity index (χ0n) is 14.8. The minimum Gasteiger partial charge on any atom is -0.497 e. The summed E-state index contributed by atoms with van der Waals surface area (Å²) in [6.45, 7) is 0. The molecule has 0 saturated carbocycles. The third-order valence-electron chi connectivity index (χ3n) is 4.45. The van der Waals surface area contributed by atoms with Crippen molar-refractivity contribution in [1.29, 1.82) is 0 Å². The average Bonchev–Trinajstić information content (AvgIpc) is 2.74. The molecule has 27 heavy (non-hydrogen) atoms. The lowest BCUT2D eigenvalue weighted by Gasteiger charge is -2.13. The summed E-state index contributed by atoms with van der Waals surface area (Å²) in [5.41, 5.74) is 3.25. The highest BCUT2D eigenvalue weighted by Gasteiger charge is 2.12. The molecule has 0 unspecified atom stereocenters. The second-order valence-electron chi connectivity index (χ2n) is 6.11. The predicted molar refractivity (Wildman–Crippen MR) is 108 cm³/mol. The van der Waals surface area contributed by atoms with E-state index in [1.165, 1.54) is 0 Å². The molecule has 0 spiro atoms. The highest BCUT2D eigenvalue weighted by Crippen LogP contribution is 2.34. The Kier molecular flexibility index (Phi) is 4.54. The van der Waals surface area contributed by atoms with Crippen molar-refractivity contribution < 1.29 is 9.53 Å². The van der Waals surface area contributed by atoms with Crippen LogP contribution in [-0.2, 0) is 0 Å². The van der Waals surface area contributed by atoms with Crippen LogP contribution in [0.4, 0.5) is 5.69 Å². The van der Waals surface area contributed by atoms with Gasteiger partial charge in [0.1, 0.15) is 11.4 Å². The molecule has 1 aromatic heterocycles. The number of fused-ring (bicyclic) bond motifs is 1. The normalized spacial score (nSPS) is 10.6. The second kappa shape index (κ2) is 7.30. The lowest BCUT2D eigenvalue weighted by atomic mass is 9.97. The topological polar surface area (TPSA) is 51.2 Å². The Labute approximate surface area is 157 Å². The number of amides is 1. The third kappa shape index (κ3) is 3.37. The molecule has 3 aromatic carbocycles. The lowest BCUT2D eigenvalue weighted by Crippen LogP contribution is -2.13. The van der Waals surface area contributed by atoms with Gasteiger partial charge in [-0.1, -0.05) is 48.5 Å². The van der Waals surface area contributed by atoms with Crippen LogP contribution in [-0.4, -0.2) is 18.0 Å². The van der Waals surface area contributed by atoms with E-state index in [1.54, 1.807) is 31.5 Å². The summed E-state index contributed by atoms with van der Waals surface area (Å²) in [5.74, 6) is 0.579. The number of rotatable bonds is 4. The Bertz CT molecular complexity index is 1090. The van der Waals surface area contributed by atoms with Crippen molar-refractivity contribution in [1.82, 2.24) is 4.98 Å². The van der Waals surface area contributed by atoms with Crippen molar-refractivity contribution >= 4 is 22.4 Å². The lowest BCUT2D eigenvalue weighted by molar-refractivity contribution is 0.102. The largest absolute Gasteiger partial charge is 0.497 e. The highest BCUT2D eigenvalue weighted by atomic mass is 16.5. The number of carbonyl (C=O) groups is 1. The van der Waals surface area contributed by atoms with Crippen LogP contribution in [0.3, 0.4) is 0 Å². The van der Waals surface area contributed by atoms with Crippen molar-refractivity contribution in [2.24, 2.45) is 0 Å². The molecule has 0 fully saturated rings. The summed E-state index contributed by atoms with van der Waals surface area (Å²) in [7, 11) is 1.65. The standard InChI is InChI=1S/C23H18N2O2/c1-27-18-13-11-16(12-14-18)19-8-4-6-17-7-5-10-20(22(17)19)25-23(26)21-9-2-3-15-24-21/h2-15H,1H3,(H,25,26). The van der Waals surface area contributed by atoms with Gasteiger partial charge >= 0.3 is 0 Å². The number of benzene rings is 3. The number of hydrogen-bond donors (Lipinski definition) is 1. The van der Waals surface area contributed by atoms with Gasteiger partial charge in [0, 0.05) is 17.3 Å². The van der Waals surface area contributed by atoms with Gasteiger partial charge in [-0.25, -0.2) is 0 Å². The molecular formula is C23H18N2O2. The summed E-state index contributed by atoms with van der Waals surface area (Å²) >= 11 is 0. The van der Waals surface area contributed by atoms with Crippen LogP contribution in [0, 0.1) is 0 Å². The van der Waals surface area contributed by atoms with Gasteiger partial charge in [-0.3, -0.25) is 9.78 Å². The third-order valence-corrected chi connectivity index (χ3v) is 4.45. The summed E-state index contributed by atoms with van der Waals surface area (Å²) < 4.78 is 5.25. The number of ether oxygens (including phenoxy) is 1. The van der Waals surface area contributed by atoms with E-state index in [-0.39, 0.29) is 5.91 Å². The van der Waals surface area contributed by atoms with Crippen molar-refractivity contribution in [3.05, 3.63) is 90.8 Å². The number of pyridine rings is 1. The minimum atomic E-state index is -0.229. The maximum Gasteiger partial charge on any atom is 0.274 e. The molecule has 0 bridgehead atoms. The molecule has 0 saturated heterocycles. The van der Waals surface area contributed by atoms with Crippen molar-refractivity contribution in [3.63, 3.8) is 0 Å². The molecule has 0 aliphatic carbocycles. The van der Waals surface area contributed by atoms with Gasteiger partial charge in [0.25, 0.3) is 5.91 Å². The maximum atomic E-state index is 12.6. The van der Waals surface area contributed by atoms with Crippen LogP contribution in [0.5, 0.6) is 5.75 Å². The van der Waals surface area contributed by atoms with Gasteiger partial charge in [0.05, 0.1) is 7.11 Å². The molecule has 0 atom stereocenters. The predicted octanol–water partition coefficient (Wildman–Crippen LogP) is 5.16. The van der Waals surface area contributed by atoms with Gasteiger partial charge in [0.2, 0.25) is 0 Å². The van der Waals surface area contributed by atoms with Crippen LogP contribution >= 0.6 is 0 Å². The monoisotopic (exact) mass is 354 g/mol. The number of anilines is 1. The van der Waals surface area contributed by atoms with E-state index < -0.39 is 0 Å². The fraction of sp³-hybridized carbons (Fsp3) is 0.0435. The van der Waals surface area contributed by atoms with Crippen LogP contribution < -0.4 is 10.1 Å². The first-order valence-electron chi connectivity index (χ1n) is 8.65. The first kappa shape index (κ1) is 16.8. The average molecular weight is 354 g/mol. The van der Waals surface area contributed by atoms with Gasteiger partial charge in [0.15, 0.2) is 0 Å². The molecule has 4 aromatic rings. The number of methoxy groups -OCH3 is 1. The SMILES string of the molecule is COc1ccc(-c2cccc3cccc(NC(=O)c4ccccn4)c23)cc1. The quantitative estimate of drug-likeness (QED) is 0.550. The Morgan fingerprint density at radius 2 is 1.67 bits per heavy atom. The van der Waals surface area contributed by atoms with E-state index in [2.05, 4.69) is 16.4 Å². The van der Waals surface area contributed by atoms with E-state index in [9.17, 15) is 4.79 Å². The number of nitrogens with one attached hydrogen (secondary N) is 1. The van der Waals surface area contributed by atoms with Crippen LogP contribution in [0.15, 0.2) is 85.1 Å². The molecule has 0 aliphatic heterocycles. The molecule has 1 heterocycles. The number of aromatic nitrogens is 1. The van der Waals surface area contributed by atoms with E-state index in [0.29, 0.717) is 5.69 Å². The van der Waals surface area contributed by atoms with Gasteiger partial charge < -0.3 is 10.1 Å². The fourth-order valence-electron chi connectivity index (χ4n) is 3.14. The molecule has 4 heteroatoms. The molecular weight excluding hydrogens is 336 g/mol. The Morgan fingerprint density at radius 1 is 0.889 bits per heavy atom. The number of nitrogens with zero attached hydrogens (tertiary/aromatic N) is 1. The van der Waals surface area contributed by atoms with Crippen LogP contribution in [0.25, 0.3) is 21.9 Å². The molecule has 0 aliphatic rings. The van der Waals surface area contributed by atoms with Crippen LogP contribution in [0.2, 0.25) is 0 Å². The maximum absolute atomic E-state index is 12.6. The zero-order chi connectivity index (χ0) is 18.6. The molecule has 4 nitrogen and oxygen atoms in total. The summed E-state index contributed by atoms with van der Waals surface area (Å²) in [5, 5.41) is 5.06. The van der Waals surface area contributed by atoms with E-state index in [0.717, 1.165) is 33.3 Å². The van der Waals surface area contributed by atoms with E-state index in [1.807, 2.05) is 54.6 Å². The Hall–Kier alpha value is -3.66. The fourth-order valence-corrected chi connectivity index (χ4v) is 3.14. The summed E-state index contributed by atoms with van der Waals surface area (Å²) in [4.78, 5) is 16.7. The Morgan fingerprint density at radius 3 is 2.37 bits per heavy atom. The molecule has 0 radical (unpaired) electrons. The highest BCUT2D eigenvalue weighted by molar-refractivity contribution is 6.12. The Balaban J connectivity index is 1.80. The smallest absolute Gasteiger partial charge is 0.274 e. The van der Waals surface area contributed by atoms with Crippen molar-refractivity contribution in [3.8, 4) is 16.9 Å². The molecule has 1 amide bonds. The van der Waals surface area contributed by atoms with Gasteiger partial charge in [-0.2, -0.15) is 0 Å². The summed E-state index contributed by atoms with van der Waals surface area (Å²) in [6.07, 6.45) is 1.61. The zero-order valence-corrected chi connectivity index (χ0v) is 14.8. The van der Waals surface area contributed by atoms with E-state index >= 15 is 0 Å².